The molecule has 0 spiro atoms. The first-order valence-corrected chi connectivity index (χ1v) is 17.6. The van der Waals surface area contributed by atoms with Crippen LogP contribution in [0.15, 0.2) is 76.9 Å². The Bertz CT molecular complexity index is 1790. The van der Waals surface area contributed by atoms with Gasteiger partial charge in [0.15, 0.2) is 15.0 Å². The zero-order valence-corrected chi connectivity index (χ0v) is 27.9. The highest BCUT2D eigenvalue weighted by Gasteiger charge is 2.30. The van der Waals surface area contributed by atoms with E-state index < -0.39 is 26.9 Å². The molecule has 0 atom stereocenters. The second kappa shape index (κ2) is 13.4. The van der Waals surface area contributed by atoms with E-state index >= 15 is 0 Å². The van der Waals surface area contributed by atoms with E-state index in [0.717, 1.165) is 24.1 Å². The van der Waals surface area contributed by atoms with Crippen LogP contribution in [0, 0.1) is 5.82 Å². The highest BCUT2D eigenvalue weighted by molar-refractivity contribution is 7.98. The number of sulfone groups is 1. The summed E-state index contributed by atoms with van der Waals surface area (Å²) in [5.74, 6) is -1.22. The van der Waals surface area contributed by atoms with E-state index in [2.05, 4.69) is 5.43 Å². The summed E-state index contributed by atoms with van der Waals surface area (Å²) in [6, 6.07) is 16.1. The van der Waals surface area contributed by atoms with Gasteiger partial charge in [-0.05, 0) is 72.5 Å². The van der Waals surface area contributed by atoms with Crippen LogP contribution in [0.1, 0.15) is 43.5 Å². The van der Waals surface area contributed by atoms with Crippen LogP contribution < -0.4 is 5.43 Å². The topological polar surface area (TPSA) is 84.3 Å². The van der Waals surface area contributed by atoms with Gasteiger partial charge in [-0.2, -0.15) is 0 Å². The maximum absolute atomic E-state index is 13.9. The Balaban J connectivity index is 1.39. The molecule has 1 amide bonds. The molecule has 1 saturated heterocycles. The number of hydrazine groups is 1. The molecule has 0 radical (unpaired) electrons. The van der Waals surface area contributed by atoms with Gasteiger partial charge in [-0.15, -0.1) is 0 Å². The van der Waals surface area contributed by atoms with E-state index in [1.165, 1.54) is 36.0 Å². The molecule has 13 heteroatoms. The Hall–Kier alpha value is -2.60. The van der Waals surface area contributed by atoms with Crippen LogP contribution in [0.5, 0.6) is 0 Å². The predicted molar refractivity (Wildman–Crippen MR) is 174 cm³/mol. The fourth-order valence-electron chi connectivity index (χ4n) is 5.02. The summed E-state index contributed by atoms with van der Waals surface area (Å²) in [7, 11) is -3.89. The molecule has 2 heterocycles. The van der Waals surface area contributed by atoms with E-state index in [1.807, 2.05) is 30.5 Å². The third-order valence-electron chi connectivity index (χ3n) is 7.55. The van der Waals surface area contributed by atoms with Crippen molar-refractivity contribution >= 4 is 62.3 Å². The summed E-state index contributed by atoms with van der Waals surface area (Å²) in [6.45, 7) is 5.49. The lowest BCUT2D eigenvalue weighted by Gasteiger charge is -2.28. The number of carbonyl (C=O) groups is 1. The third kappa shape index (κ3) is 7.27. The number of halogens is 4. The monoisotopic (exact) mass is 694 g/mol. The van der Waals surface area contributed by atoms with Gasteiger partial charge in [-0.25, -0.2) is 22.8 Å². The van der Waals surface area contributed by atoms with Gasteiger partial charge in [-0.3, -0.25) is 14.8 Å². The van der Waals surface area contributed by atoms with E-state index in [1.54, 1.807) is 35.5 Å². The highest BCUT2D eigenvalue weighted by Crippen LogP contribution is 2.39. The second-order valence-corrected chi connectivity index (χ2v) is 15.2. The molecule has 1 N–H and O–H groups in total. The first-order valence-electron chi connectivity index (χ1n) is 13.8. The summed E-state index contributed by atoms with van der Waals surface area (Å²) in [5, 5.41) is 3.52. The molecule has 0 aliphatic carbocycles. The number of carbonyl (C=O) groups excluding carboxylic acids is 1. The van der Waals surface area contributed by atoms with Gasteiger partial charge in [-0.1, -0.05) is 72.5 Å². The first kappa shape index (κ1) is 32.8. The zero-order chi connectivity index (χ0) is 31.6. The molecular formula is C31H30Cl3FN4O3S2. The predicted octanol–water partition coefficient (Wildman–Crippen LogP) is 7.49. The standard InChI is InChI=1S/C31H30Cl3FN4O3S2/c1-31(2,21-6-12-25(32)27(34)15-21)28-17-36-30(39(28)23-9-7-22(35)8-10-23)43-18-20-5-11-24(16-26(20)33)44(41,42)19-29(40)37-38-13-3-4-14-38/h5-12,15-17H,3-4,13-14,18-19H2,1-2H3,(H,37,40). The number of hydrogen-bond donors (Lipinski definition) is 1. The third-order valence-corrected chi connectivity index (χ3v) is 11.3. The summed E-state index contributed by atoms with van der Waals surface area (Å²) < 4.78 is 41.7. The molecule has 4 aromatic rings. The quantitative estimate of drug-likeness (QED) is 0.173. The fraction of sp³-hybridized carbons (Fsp3) is 0.290. The Morgan fingerprint density at radius 2 is 1.68 bits per heavy atom. The summed E-state index contributed by atoms with van der Waals surface area (Å²) in [4.78, 5) is 17.0. The van der Waals surface area contributed by atoms with Crippen LogP contribution in [-0.2, 0) is 25.8 Å². The van der Waals surface area contributed by atoms with Crippen molar-refractivity contribution in [2.24, 2.45) is 0 Å². The smallest absolute Gasteiger partial charge is 0.249 e. The molecule has 0 bridgehead atoms. The van der Waals surface area contributed by atoms with Gasteiger partial charge in [0, 0.05) is 35.0 Å². The van der Waals surface area contributed by atoms with Crippen LogP contribution in [0.25, 0.3) is 5.69 Å². The number of benzene rings is 3. The van der Waals surface area contributed by atoms with Gasteiger partial charge in [0.25, 0.3) is 0 Å². The van der Waals surface area contributed by atoms with Crippen molar-refractivity contribution in [1.82, 2.24) is 20.0 Å². The SMILES string of the molecule is CC(C)(c1ccc(Cl)c(Cl)c1)c1cnc(SCc2ccc(S(=O)(=O)CC(=O)NN3CCCC3)cc2Cl)n1-c1ccc(F)cc1. The highest BCUT2D eigenvalue weighted by atomic mass is 35.5. The van der Waals surface area contributed by atoms with Crippen molar-refractivity contribution in [3.05, 3.63) is 105 Å². The number of imidazole rings is 1. The van der Waals surface area contributed by atoms with Gasteiger partial charge in [0.1, 0.15) is 11.6 Å². The molecule has 3 aromatic carbocycles. The minimum absolute atomic E-state index is 0.0219. The zero-order valence-electron chi connectivity index (χ0n) is 24.0. The normalized spacial score (nSPS) is 14.2. The number of rotatable bonds is 10. The molecular weight excluding hydrogens is 666 g/mol. The number of amides is 1. The van der Waals surface area contributed by atoms with Crippen LogP contribution in [-0.4, -0.2) is 47.7 Å². The fourth-order valence-corrected chi connectivity index (χ4v) is 7.86. The lowest BCUT2D eigenvalue weighted by molar-refractivity contribution is -0.122. The maximum Gasteiger partial charge on any atom is 0.249 e. The molecule has 0 unspecified atom stereocenters. The lowest BCUT2D eigenvalue weighted by Crippen LogP contribution is -2.42. The van der Waals surface area contributed by atoms with Crippen LogP contribution >= 0.6 is 46.6 Å². The Morgan fingerprint density at radius 1 is 0.977 bits per heavy atom. The molecule has 232 valence electrons. The van der Waals surface area contributed by atoms with Crippen LogP contribution in [0.4, 0.5) is 4.39 Å². The Kier molecular flexibility index (Phi) is 9.99. The van der Waals surface area contributed by atoms with Crippen molar-refractivity contribution in [3.8, 4) is 5.69 Å². The molecule has 44 heavy (non-hydrogen) atoms. The summed E-state index contributed by atoms with van der Waals surface area (Å²) in [6.07, 6.45) is 3.70. The molecule has 1 aliphatic rings. The largest absolute Gasteiger partial charge is 0.291 e. The first-order chi connectivity index (χ1) is 20.8. The van der Waals surface area contributed by atoms with Gasteiger partial charge < -0.3 is 0 Å². The number of hydrogen-bond acceptors (Lipinski definition) is 6. The summed E-state index contributed by atoms with van der Waals surface area (Å²) in [5.41, 5.74) is 5.25. The van der Waals surface area contributed by atoms with E-state index in [0.29, 0.717) is 45.3 Å². The minimum atomic E-state index is -3.89. The number of aromatic nitrogens is 2. The van der Waals surface area contributed by atoms with Crippen molar-refractivity contribution in [3.63, 3.8) is 0 Å². The van der Waals surface area contributed by atoms with Crippen LogP contribution in [0.2, 0.25) is 15.1 Å². The van der Waals surface area contributed by atoms with E-state index in [-0.39, 0.29) is 15.7 Å². The van der Waals surface area contributed by atoms with Crippen molar-refractivity contribution in [2.75, 3.05) is 18.8 Å². The van der Waals surface area contributed by atoms with Gasteiger partial charge in [0.05, 0.1) is 26.8 Å². The van der Waals surface area contributed by atoms with E-state index in [9.17, 15) is 17.6 Å². The van der Waals surface area contributed by atoms with Gasteiger partial charge >= 0.3 is 0 Å². The van der Waals surface area contributed by atoms with Crippen LogP contribution in [0.3, 0.4) is 0 Å². The minimum Gasteiger partial charge on any atom is -0.291 e. The molecule has 1 aromatic heterocycles. The molecule has 1 aliphatic heterocycles. The van der Waals surface area contributed by atoms with Crippen molar-refractivity contribution < 1.29 is 17.6 Å². The second-order valence-electron chi connectivity index (χ2n) is 11.0. The molecule has 7 nitrogen and oxygen atoms in total. The molecule has 5 rings (SSSR count). The lowest BCUT2D eigenvalue weighted by atomic mass is 9.81. The Morgan fingerprint density at radius 3 is 2.34 bits per heavy atom. The summed E-state index contributed by atoms with van der Waals surface area (Å²) >= 11 is 20.5. The number of thioether (sulfide) groups is 1. The van der Waals surface area contributed by atoms with E-state index in [4.69, 9.17) is 39.8 Å². The van der Waals surface area contributed by atoms with Crippen molar-refractivity contribution in [1.29, 1.82) is 0 Å². The average Bonchev–Trinajstić information content (AvgIpc) is 3.64. The van der Waals surface area contributed by atoms with Gasteiger partial charge in [0.2, 0.25) is 5.91 Å². The molecule has 1 fully saturated rings. The molecule has 0 saturated carbocycles. The maximum atomic E-state index is 13.9. The Labute approximate surface area is 275 Å². The van der Waals surface area contributed by atoms with Crippen molar-refractivity contribution in [2.45, 2.75) is 47.9 Å². The number of nitrogens with zero attached hydrogens (tertiary/aromatic N) is 3. The average molecular weight is 696 g/mol. The number of nitrogens with one attached hydrogen (secondary N) is 1.